The highest BCUT2D eigenvalue weighted by Gasteiger charge is 2.37. The molecule has 1 amide bonds. The third kappa shape index (κ3) is 3.01. The summed E-state index contributed by atoms with van der Waals surface area (Å²) < 4.78 is 0. The topological polar surface area (TPSA) is 110 Å². The van der Waals surface area contributed by atoms with Crippen LogP contribution in [0.25, 0.3) is 0 Å². The number of carboxylic acid groups (broad SMARTS) is 1. The van der Waals surface area contributed by atoms with E-state index >= 15 is 0 Å². The summed E-state index contributed by atoms with van der Waals surface area (Å²) in [6.07, 6.45) is 1.71. The molecule has 1 saturated carbocycles. The fourth-order valence-electron chi connectivity index (χ4n) is 2.75. The molecule has 0 spiro atoms. The second kappa shape index (κ2) is 5.90. The van der Waals surface area contributed by atoms with Gasteiger partial charge in [0.1, 0.15) is 0 Å². The van der Waals surface area contributed by atoms with Gasteiger partial charge in [0.2, 0.25) is 5.91 Å². The van der Waals surface area contributed by atoms with Crippen molar-refractivity contribution in [3.8, 4) is 0 Å². The van der Waals surface area contributed by atoms with Crippen molar-refractivity contribution in [3.05, 3.63) is 33.9 Å². The zero-order valence-corrected chi connectivity index (χ0v) is 11.5. The number of hydrogen-bond donors (Lipinski definition) is 2. The Hall–Kier alpha value is -2.44. The van der Waals surface area contributed by atoms with Crippen LogP contribution in [0.4, 0.5) is 11.4 Å². The Balaban J connectivity index is 2.18. The minimum atomic E-state index is -0.969. The van der Waals surface area contributed by atoms with E-state index in [0.717, 1.165) is 0 Å². The molecular formula is C14H16N2O5. The summed E-state index contributed by atoms with van der Waals surface area (Å²) >= 11 is 0. The highest BCUT2D eigenvalue weighted by Crippen LogP contribution is 2.33. The van der Waals surface area contributed by atoms with Crippen LogP contribution in [0.15, 0.2) is 18.2 Å². The number of benzene rings is 1. The summed E-state index contributed by atoms with van der Waals surface area (Å²) in [6, 6.07) is 4.43. The molecule has 7 nitrogen and oxygen atoms in total. The number of rotatable bonds is 4. The van der Waals surface area contributed by atoms with Crippen LogP contribution in [-0.4, -0.2) is 21.9 Å². The molecule has 0 saturated heterocycles. The van der Waals surface area contributed by atoms with E-state index in [9.17, 15) is 19.7 Å². The van der Waals surface area contributed by atoms with Crippen LogP contribution in [0.2, 0.25) is 0 Å². The maximum Gasteiger partial charge on any atom is 0.307 e. The van der Waals surface area contributed by atoms with Crippen molar-refractivity contribution in [2.45, 2.75) is 26.2 Å². The molecule has 2 unspecified atom stereocenters. The standard InChI is InChI=1S/C14H16N2O5/c1-8-11(6-3-7-12(8)16(20)21)15-13(17)9-4-2-5-10(9)14(18)19/h3,6-7,9-10H,2,4-5H2,1H3,(H,15,17)(H,18,19). The molecule has 0 radical (unpaired) electrons. The fraction of sp³-hybridized carbons (Fsp3) is 0.429. The first-order chi connectivity index (χ1) is 9.91. The molecule has 112 valence electrons. The fourth-order valence-corrected chi connectivity index (χ4v) is 2.75. The first-order valence-electron chi connectivity index (χ1n) is 6.69. The zero-order chi connectivity index (χ0) is 15.6. The molecular weight excluding hydrogens is 276 g/mol. The number of nitro benzene ring substituents is 1. The summed E-state index contributed by atoms with van der Waals surface area (Å²) in [4.78, 5) is 33.7. The van der Waals surface area contributed by atoms with Gasteiger partial charge in [0, 0.05) is 6.07 Å². The summed E-state index contributed by atoms with van der Waals surface area (Å²) in [5, 5.41) is 22.6. The number of amides is 1. The molecule has 1 aromatic carbocycles. The Bertz CT molecular complexity index is 599. The Morgan fingerprint density at radius 1 is 1.33 bits per heavy atom. The first kappa shape index (κ1) is 15.0. The van der Waals surface area contributed by atoms with Crippen LogP contribution in [0.1, 0.15) is 24.8 Å². The predicted molar refractivity (Wildman–Crippen MR) is 74.9 cm³/mol. The van der Waals surface area contributed by atoms with Crippen LogP contribution >= 0.6 is 0 Å². The largest absolute Gasteiger partial charge is 0.481 e. The van der Waals surface area contributed by atoms with Gasteiger partial charge in [0.05, 0.1) is 28.0 Å². The second-order valence-electron chi connectivity index (χ2n) is 5.18. The van der Waals surface area contributed by atoms with E-state index in [1.54, 1.807) is 13.0 Å². The van der Waals surface area contributed by atoms with E-state index in [0.29, 0.717) is 30.5 Å². The van der Waals surface area contributed by atoms with Gasteiger partial charge in [-0.05, 0) is 25.8 Å². The quantitative estimate of drug-likeness (QED) is 0.653. The average Bonchev–Trinajstić information content (AvgIpc) is 2.90. The number of carbonyl (C=O) groups excluding carboxylic acids is 1. The van der Waals surface area contributed by atoms with Crippen LogP contribution in [0, 0.1) is 28.9 Å². The molecule has 0 aromatic heterocycles. The van der Waals surface area contributed by atoms with Crippen molar-refractivity contribution < 1.29 is 19.6 Å². The molecule has 1 aromatic rings. The molecule has 1 aliphatic rings. The van der Waals surface area contributed by atoms with Crippen LogP contribution < -0.4 is 5.32 Å². The van der Waals surface area contributed by atoms with Gasteiger partial charge in [0.25, 0.3) is 5.69 Å². The van der Waals surface area contributed by atoms with E-state index < -0.39 is 22.7 Å². The number of nitro groups is 1. The molecule has 2 rings (SSSR count). The number of carbonyl (C=O) groups is 2. The lowest BCUT2D eigenvalue weighted by molar-refractivity contribution is -0.385. The number of hydrogen-bond acceptors (Lipinski definition) is 4. The van der Waals surface area contributed by atoms with Crippen molar-refractivity contribution in [1.82, 2.24) is 0 Å². The van der Waals surface area contributed by atoms with Gasteiger partial charge in [0.15, 0.2) is 0 Å². The summed E-state index contributed by atoms with van der Waals surface area (Å²) in [5.74, 6) is -2.61. The Morgan fingerprint density at radius 3 is 2.62 bits per heavy atom. The number of aliphatic carboxylic acids is 1. The summed E-state index contributed by atoms with van der Waals surface area (Å²) in [6.45, 7) is 1.55. The molecule has 1 aliphatic carbocycles. The zero-order valence-electron chi connectivity index (χ0n) is 11.5. The molecule has 0 heterocycles. The molecule has 21 heavy (non-hydrogen) atoms. The third-order valence-electron chi connectivity index (χ3n) is 3.93. The second-order valence-corrected chi connectivity index (χ2v) is 5.18. The molecule has 1 fully saturated rings. The van der Waals surface area contributed by atoms with Crippen molar-refractivity contribution in [2.24, 2.45) is 11.8 Å². The van der Waals surface area contributed by atoms with Crippen molar-refractivity contribution in [1.29, 1.82) is 0 Å². The lowest BCUT2D eigenvalue weighted by Crippen LogP contribution is -2.30. The molecule has 0 bridgehead atoms. The van der Waals surface area contributed by atoms with Gasteiger partial charge in [-0.2, -0.15) is 0 Å². The number of nitrogens with zero attached hydrogens (tertiary/aromatic N) is 1. The van der Waals surface area contributed by atoms with Gasteiger partial charge in [-0.3, -0.25) is 19.7 Å². The van der Waals surface area contributed by atoms with Crippen molar-refractivity contribution in [3.63, 3.8) is 0 Å². The SMILES string of the molecule is Cc1c(NC(=O)C2CCCC2C(=O)O)cccc1[N+](=O)[O-]. The summed E-state index contributed by atoms with van der Waals surface area (Å²) in [7, 11) is 0. The number of carboxylic acids is 1. The van der Waals surface area contributed by atoms with Crippen LogP contribution in [0.3, 0.4) is 0 Å². The number of anilines is 1. The Morgan fingerprint density at radius 2 is 2.00 bits per heavy atom. The molecule has 2 N–H and O–H groups in total. The van der Waals surface area contributed by atoms with Gasteiger partial charge < -0.3 is 10.4 Å². The molecule has 7 heteroatoms. The van der Waals surface area contributed by atoms with Crippen LogP contribution in [-0.2, 0) is 9.59 Å². The lowest BCUT2D eigenvalue weighted by atomic mass is 9.95. The van der Waals surface area contributed by atoms with Gasteiger partial charge in [-0.1, -0.05) is 12.5 Å². The maximum atomic E-state index is 12.2. The van der Waals surface area contributed by atoms with E-state index in [1.165, 1.54) is 12.1 Å². The highest BCUT2D eigenvalue weighted by atomic mass is 16.6. The minimum absolute atomic E-state index is 0.0750. The monoisotopic (exact) mass is 292 g/mol. The van der Waals surface area contributed by atoms with Crippen molar-refractivity contribution in [2.75, 3.05) is 5.32 Å². The lowest BCUT2D eigenvalue weighted by Gasteiger charge is -2.16. The van der Waals surface area contributed by atoms with E-state index in [2.05, 4.69) is 5.32 Å². The van der Waals surface area contributed by atoms with E-state index in [-0.39, 0.29) is 11.6 Å². The maximum absolute atomic E-state index is 12.2. The van der Waals surface area contributed by atoms with Gasteiger partial charge in [-0.25, -0.2) is 0 Å². The van der Waals surface area contributed by atoms with Crippen LogP contribution in [0.5, 0.6) is 0 Å². The van der Waals surface area contributed by atoms with Crippen molar-refractivity contribution >= 4 is 23.3 Å². The average molecular weight is 292 g/mol. The van der Waals surface area contributed by atoms with Gasteiger partial charge >= 0.3 is 5.97 Å². The number of nitrogens with one attached hydrogen (secondary N) is 1. The minimum Gasteiger partial charge on any atom is -0.481 e. The first-order valence-corrected chi connectivity index (χ1v) is 6.69. The molecule has 0 aliphatic heterocycles. The molecule has 2 atom stereocenters. The highest BCUT2D eigenvalue weighted by molar-refractivity contribution is 5.96. The normalized spacial score (nSPS) is 21.0. The summed E-state index contributed by atoms with van der Waals surface area (Å²) in [5.41, 5.74) is 0.639. The van der Waals surface area contributed by atoms with E-state index in [4.69, 9.17) is 5.11 Å². The Labute approximate surface area is 121 Å². The third-order valence-corrected chi connectivity index (χ3v) is 3.93. The smallest absolute Gasteiger partial charge is 0.307 e. The predicted octanol–water partition coefficient (Wildman–Crippen LogP) is 2.34. The van der Waals surface area contributed by atoms with E-state index in [1.807, 2.05) is 0 Å². The Kier molecular flexibility index (Phi) is 4.21. The van der Waals surface area contributed by atoms with Gasteiger partial charge in [-0.15, -0.1) is 0 Å².